The minimum absolute atomic E-state index is 0.162. The van der Waals surface area contributed by atoms with E-state index in [0.717, 1.165) is 16.8 Å². The molecule has 0 aliphatic rings. The highest BCUT2D eigenvalue weighted by molar-refractivity contribution is 5.88. The molecule has 0 heterocycles. The zero-order chi connectivity index (χ0) is 34.5. The van der Waals surface area contributed by atoms with Crippen molar-refractivity contribution in [3.63, 3.8) is 0 Å². The van der Waals surface area contributed by atoms with Crippen molar-refractivity contribution in [2.24, 2.45) is 0 Å². The molecular weight excluding hydrogens is 657 g/mol. The lowest BCUT2D eigenvalue weighted by atomic mass is 9.97. The Morgan fingerprint density at radius 1 is 0.521 bits per heavy atom. The van der Waals surface area contributed by atoms with Crippen LogP contribution in [-0.2, 0) is 6.11 Å². The SMILES string of the molecule is Fc1cc(-c2ccc3ccccc3c2)ccc1-c1cc(F)c(C(F)(F)Oc2cc(F)c3c(F)c(C#CC(F)(F)F)c(F)cc3c2)c(F)c1. The highest BCUT2D eigenvalue weighted by atomic mass is 19.4. The van der Waals surface area contributed by atoms with Crippen molar-refractivity contribution in [2.75, 3.05) is 0 Å². The quantitative estimate of drug-likeness (QED) is 0.131. The summed E-state index contributed by atoms with van der Waals surface area (Å²) < 4.78 is 161. The van der Waals surface area contributed by atoms with Crippen molar-refractivity contribution in [3.8, 4) is 39.8 Å². The molecule has 0 N–H and O–H groups in total. The second kappa shape index (κ2) is 11.9. The van der Waals surface area contributed by atoms with Gasteiger partial charge in [0.05, 0.1) is 10.9 Å². The van der Waals surface area contributed by atoms with Crippen LogP contribution in [0.3, 0.4) is 0 Å². The number of alkyl halides is 5. The van der Waals surface area contributed by atoms with E-state index >= 15 is 22.0 Å². The predicted octanol–water partition coefficient (Wildman–Crippen LogP) is 11.2. The Kier molecular flexibility index (Phi) is 8.03. The fourth-order valence-electron chi connectivity index (χ4n) is 5.20. The van der Waals surface area contributed by atoms with Crippen LogP contribution in [0, 0.1) is 46.7 Å². The minimum atomic E-state index is -5.13. The van der Waals surface area contributed by atoms with Crippen LogP contribution in [0.25, 0.3) is 43.8 Å². The van der Waals surface area contributed by atoms with Crippen LogP contribution < -0.4 is 4.74 Å². The van der Waals surface area contributed by atoms with Crippen LogP contribution in [-0.4, -0.2) is 6.18 Å². The van der Waals surface area contributed by atoms with Gasteiger partial charge < -0.3 is 4.74 Å². The second-order valence-electron chi connectivity index (χ2n) is 10.5. The molecule has 6 aromatic rings. The maximum atomic E-state index is 15.2. The van der Waals surface area contributed by atoms with Gasteiger partial charge in [-0.25, -0.2) is 26.3 Å². The molecule has 6 rings (SSSR count). The van der Waals surface area contributed by atoms with E-state index in [1.54, 1.807) is 6.07 Å². The normalized spacial score (nSPS) is 11.9. The maximum absolute atomic E-state index is 15.2. The van der Waals surface area contributed by atoms with Gasteiger partial charge in [0.1, 0.15) is 40.4 Å². The van der Waals surface area contributed by atoms with Crippen LogP contribution >= 0.6 is 0 Å². The van der Waals surface area contributed by atoms with Gasteiger partial charge in [0.15, 0.2) is 5.82 Å². The zero-order valence-corrected chi connectivity index (χ0v) is 23.7. The van der Waals surface area contributed by atoms with Crippen LogP contribution in [0.1, 0.15) is 11.1 Å². The van der Waals surface area contributed by atoms with Crippen molar-refractivity contribution >= 4 is 21.5 Å². The molecule has 0 saturated carbocycles. The van der Waals surface area contributed by atoms with E-state index in [1.807, 2.05) is 36.4 Å². The predicted molar refractivity (Wildman–Crippen MR) is 156 cm³/mol. The molecular formula is C36H15F11O. The third-order valence-corrected chi connectivity index (χ3v) is 7.33. The van der Waals surface area contributed by atoms with Crippen molar-refractivity contribution in [3.05, 3.63) is 137 Å². The molecule has 0 atom stereocenters. The lowest BCUT2D eigenvalue weighted by molar-refractivity contribution is -0.189. The number of hydrogen-bond donors (Lipinski definition) is 0. The molecule has 242 valence electrons. The molecule has 0 saturated heterocycles. The lowest BCUT2D eigenvalue weighted by Gasteiger charge is -2.20. The third-order valence-electron chi connectivity index (χ3n) is 7.33. The van der Waals surface area contributed by atoms with E-state index < -0.39 is 80.4 Å². The van der Waals surface area contributed by atoms with Gasteiger partial charge in [-0.15, -0.1) is 0 Å². The Bertz CT molecular complexity index is 2290. The van der Waals surface area contributed by atoms with E-state index in [-0.39, 0.29) is 11.6 Å². The average Bonchev–Trinajstić information content (AvgIpc) is 2.99. The summed E-state index contributed by atoms with van der Waals surface area (Å²) in [5.41, 5.74) is -3.02. The van der Waals surface area contributed by atoms with E-state index in [2.05, 4.69) is 4.74 Å². The number of rotatable bonds is 5. The molecule has 0 bridgehead atoms. The molecule has 0 spiro atoms. The van der Waals surface area contributed by atoms with Crippen LogP contribution in [0.15, 0.2) is 91.0 Å². The van der Waals surface area contributed by atoms with Gasteiger partial charge in [0.25, 0.3) is 0 Å². The van der Waals surface area contributed by atoms with E-state index in [1.165, 1.54) is 18.1 Å². The van der Waals surface area contributed by atoms with Crippen LogP contribution in [0.5, 0.6) is 5.75 Å². The summed E-state index contributed by atoms with van der Waals surface area (Å²) in [5, 5.41) is -0.0379. The highest BCUT2D eigenvalue weighted by Crippen LogP contribution is 2.40. The van der Waals surface area contributed by atoms with Crippen LogP contribution in [0.4, 0.5) is 48.3 Å². The number of halogens is 11. The number of fused-ring (bicyclic) bond motifs is 2. The zero-order valence-electron chi connectivity index (χ0n) is 23.7. The molecule has 12 heteroatoms. The summed E-state index contributed by atoms with van der Waals surface area (Å²) in [4.78, 5) is 0. The first-order valence-electron chi connectivity index (χ1n) is 13.7. The number of ether oxygens (including phenoxy) is 1. The largest absolute Gasteiger partial charge is 0.458 e. The van der Waals surface area contributed by atoms with E-state index in [0.29, 0.717) is 41.3 Å². The first kappa shape index (κ1) is 32.4. The standard InChI is InChI=1S/C36H15F11O/c37-27-13-21(20-6-5-18-3-1-2-4-19(18)11-20)7-8-25(27)22-14-30(40)33(31(41)15-22)36(46,47)48-24-12-23-16-28(38)26(9-10-35(43,44)45)34(42)32(23)29(39)17-24/h1-8,11-17H. The molecule has 0 radical (unpaired) electrons. The van der Waals surface area contributed by atoms with Gasteiger partial charge in [0, 0.05) is 17.6 Å². The molecule has 6 aromatic carbocycles. The van der Waals surface area contributed by atoms with Gasteiger partial charge in [-0.2, -0.15) is 22.0 Å². The molecule has 0 amide bonds. The first-order valence-corrected chi connectivity index (χ1v) is 13.7. The van der Waals surface area contributed by atoms with E-state index in [4.69, 9.17) is 0 Å². The van der Waals surface area contributed by atoms with Gasteiger partial charge >= 0.3 is 12.3 Å². The van der Waals surface area contributed by atoms with Crippen molar-refractivity contribution in [1.82, 2.24) is 0 Å². The van der Waals surface area contributed by atoms with Crippen LogP contribution in [0.2, 0.25) is 0 Å². The van der Waals surface area contributed by atoms with E-state index in [9.17, 15) is 26.3 Å². The van der Waals surface area contributed by atoms with Crippen molar-refractivity contribution in [1.29, 1.82) is 0 Å². The second-order valence-corrected chi connectivity index (χ2v) is 10.5. The lowest BCUT2D eigenvalue weighted by Crippen LogP contribution is -2.25. The summed E-state index contributed by atoms with van der Waals surface area (Å²) in [6.07, 6.45) is -9.98. The average molecular weight is 672 g/mol. The first-order chi connectivity index (χ1) is 22.6. The summed E-state index contributed by atoms with van der Waals surface area (Å²) in [6, 6.07) is 18.5. The third kappa shape index (κ3) is 6.23. The van der Waals surface area contributed by atoms with Gasteiger partial charge in [-0.05, 0) is 69.2 Å². The van der Waals surface area contributed by atoms with Gasteiger partial charge in [-0.1, -0.05) is 54.5 Å². The monoisotopic (exact) mass is 672 g/mol. The molecule has 48 heavy (non-hydrogen) atoms. The Balaban J connectivity index is 1.30. The Hall–Kier alpha value is -5.57. The smallest absolute Gasteiger partial charge is 0.429 e. The summed E-state index contributed by atoms with van der Waals surface area (Å²) in [5.74, 6) is -9.12. The summed E-state index contributed by atoms with van der Waals surface area (Å²) >= 11 is 0. The Labute approximate surface area is 263 Å². The number of benzene rings is 6. The van der Waals surface area contributed by atoms with Gasteiger partial charge in [-0.3, -0.25) is 0 Å². The fourth-order valence-corrected chi connectivity index (χ4v) is 5.20. The summed E-state index contributed by atoms with van der Waals surface area (Å²) in [7, 11) is 0. The topological polar surface area (TPSA) is 9.23 Å². The molecule has 0 aromatic heterocycles. The Morgan fingerprint density at radius 3 is 1.81 bits per heavy atom. The van der Waals surface area contributed by atoms with Crippen molar-refractivity contribution in [2.45, 2.75) is 12.3 Å². The molecule has 0 aliphatic heterocycles. The molecule has 0 unspecified atom stereocenters. The molecule has 0 aliphatic carbocycles. The molecule has 0 fully saturated rings. The number of hydrogen-bond acceptors (Lipinski definition) is 1. The Morgan fingerprint density at radius 2 is 1.15 bits per heavy atom. The fraction of sp³-hybridized carbons (Fsp3) is 0.0556. The molecule has 1 nitrogen and oxygen atoms in total. The van der Waals surface area contributed by atoms with Crippen molar-refractivity contribution < 1.29 is 53.0 Å². The van der Waals surface area contributed by atoms with Gasteiger partial charge in [0.2, 0.25) is 0 Å². The summed E-state index contributed by atoms with van der Waals surface area (Å²) in [6.45, 7) is 0. The highest BCUT2D eigenvalue weighted by Gasteiger charge is 2.41. The minimum Gasteiger partial charge on any atom is -0.429 e. The maximum Gasteiger partial charge on any atom is 0.458 e.